The van der Waals surface area contributed by atoms with Gasteiger partial charge < -0.3 is 4.90 Å². The fraction of sp³-hybridized carbons (Fsp3) is 0.429. The molecule has 0 saturated carbocycles. The SMILES string of the molecule is O=C(Cc1csc(-c2ccsc2)n1)N1CCCCC1. The molecule has 0 spiro atoms. The largest absolute Gasteiger partial charge is 0.342 e. The van der Waals surface area contributed by atoms with Crippen molar-refractivity contribution in [3.63, 3.8) is 0 Å². The first-order chi connectivity index (χ1) is 9.33. The van der Waals surface area contributed by atoms with E-state index in [-0.39, 0.29) is 5.91 Å². The van der Waals surface area contributed by atoms with Crippen LogP contribution in [0.25, 0.3) is 10.6 Å². The Morgan fingerprint density at radius 3 is 2.84 bits per heavy atom. The molecule has 1 aliphatic heterocycles. The second-order valence-corrected chi connectivity index (χ2v) is 6.41. The van der Waals surface area contributed by atoms with Crippen molar-refractivity contribution in [3.05, 3.63) is 27.9 Å². The van der Waals surface area contributed by atoms with Crippen LogP contribution in [0.5, 0.6) is 0 Å². The zero-order chi connectivity index (χ0) is 13.1. The Bertz CT molecular complexity index is 542. The van der Waals surface area contributed by atoms with E-state index in [1.54, 1.807) is 22.7 Å². The maximum Gasteiger partial charge on any atom is 0.228 e. The van der Waals surface area contributed by atoms with Crippen molar-refractivity contribution in [2.24, 2.45) is 0 Å². The third kappa shape index (κ3) is 3.04. The van der Waals surface area contributed by atoms with Crippen molar-refractivity contribution < 1.29 is 4.79 Å². The van der Waals surface area contributed by atoms with Crippen molar-refractivity contribution in [2.75, 3.05) is 13.1 Å². The van der Waals surface area contributed by atoms with Crippen molar-refractivity contribution in [2.45, 2.75) is 25.7 Å². The lowest BCUT2D eigenvalue weighted by Crippen LogP contribution is -2.36. The molecule has 0 N–H and O–H groups in total. The molecular weight excluding hydrogens is 276 g/mol. The molecule has 1 aliphatic rings. The number of carbonyl (C=O) groups excluding carboxylic acids is 1. The summed E-state index contributed by atoms with van der Waals surface area (Å²) in [6.07, 6.45) is 3.98. The van der Waals surface area contributed by atoms with E-state index in [0.29, 0.717) is 6.42 Å². The van der Waals surface area contributed by atoms with E-state index in [1.165, 1.54) is 6.42 Å². The molecule has 3 heterocycles. The maximum atomic E-state index is 12.2. The van der Waals surface area contributed by atoms with E-state index < -0.39 is 0 Å². The first-order valence-corrected chi connectivity index (χ1v) is 8.40. The number of piperidine rings is 1. The molecule has 2 aromatic heterocycles. The first kappa shape index (κ1) is 12.8. The summed E-state index contributed by atoms with van der Waals surface area (Å²) in [4.78, 5) is 18.7. The van der Waals surface area contributed by atoms with Gasteiger partial charge in [-0.25, -0.2) is 4.98 Å². The van der Waals surface area contributed by atoms with Crippen LogP contribution in [0.2, 0.25) is 0 Å². The summed E-state index contributed by atoms with van der Waals surface area (Å²) in [5.41, 5.74) is 2.06. The third-order valence-electron chi connectivity index (χ3n) is 3.36. The van der Waals surface area contributed by atoms with Crippen LogP contribution < -0.4 is 0 Å². The predicted molar refractivity (Wildman–Crippen MR) is 79.6 cm³/mol. The van der Waals surface area contributed by atoms with E-state index >= 15 is 0 Å². The molecular formula is C14H16N2OS2. The summed E-state index contributed by atoms with van der Waals surface area (Å²) < 4.78 is 0. The lowest BCUT2D eigenvalue weighted by molar-refractivity contribution is -0.131. The van der Waals surface area contributed by atoms with Crippen LogP contribution in [-0.2, 0) is 11.2 Å². The van der Waals surface area contributed by atoms with Crippen molar-refractivity contribution in [3.8, 4) is 10.6 Å². The summed E-state index contributed by atoms with van der Waals surface area (Å²) in [5.74, 6) is 0.224. The van der Waals surface area contributed by atoms with Crippen LogP contribution in [0.1, 0.15) is 25.0 Å². The molecule has 0 radical (unpaired) electrons. The number of aromatic nitrogens is 1. The van der Waals surface area contributed by atoms with Crippen LogP contribution in [0.15, 0.2) is 22.2 Å². The number of thiophene rings is 1. The lowest BCUT2D eigenvalue weighted by atomic mass is 10.1. The summed E-state index contributed by atoms with van der Waals surface area (Å²) in [5, 5.41) is 7.17. The number of carbonyl (C=O) groups is 1. The predicted octanol–water partition coefficient (Wildman–Crippen LogP) is 3.43. The first-order valence-electron chi connectivity index (χ1n) is 6.58. The quantitative estimate of drug-likeness (QED) is 0.868. The molecule has 0 atom stereocenters. The van der Waals surface area contributed by atoms with Crippen LogP contribution in [-0.4, -0.2) is 28.9 Å². The maximum absolute atomic E-state index is 12.2. The molecule has 0 aliphatic carbocycles. The molecule has 5 heteroatoms. The van der Waals surface area contributed by atoms with Gasteiger partial charge in [0, 0.05) is 29.4 Å². The van der Waals surface area contributed by atoms with Gasteiger partial charge >= 0.3 is 0 Å². The van der Waals surface area contributed by atoms with E-state index in [1.807, 2.05) is 10.3 Å². The molecule has 19 heavy (non-hydrogen) atoms. The second-order valence-electron chi connectivity index (χ2n) is 4.77. The minimum absolute atomic E-state index is 0.224. The molecule has 0 aromatic carbocycles. The van der Waals surface area contributed by atoms with E-state index in [0.717, 1.165) is 42.2 Å². The Hall–Kier alpha value is -1.20. The number of hydrogen-bond donors (Lipinski definition) is 0. The summed E-state index contributed by atoms with van der Waals surface area (Å²) >= 11 is 3.29. The zero-order valence-electron chi connectivity index (χ0n) is 10.7. The van der Waals surface area contributed by atoms with E-state index in [9.17, 15) is 4.79 Å². The fourth-order valence-corrected chi connectivity index (χ4v) is 3.85. The number of rotatable bonds is 3. The van der Waals surface area contributed by atoms with Gasteiger partial charge in [-0.05, 0) is 30.7 Å². The summed E-state index contributed by atoms with van der Waals surface area (Å²) in [6.45, 7) is 1.83. The Balaban J connectivity index is 1.65. The number of thiazole rings is 1. The molecule has 100 valence electrons. The minimum atomic E-state index is 0.224. The van der Waals surface area contributed by atoms with E-state index in [2.05, 4.69) is 21.8 Å². The average molecular weight is 292 g/mol. The standard InChI is InChI=1S/C14H16N2OS2/c17-13(16-5-2-1-3-6-16)8-12-10-19-14(15-12)11-4-7-18-9-11/h4,7,9-10H,1-3,5-6,8H2. The Morgan fingerprint density at radius 2 is 2.11 bits per heavy atom. The van der Waals surface area contributed by atoms with Gasteiger partial charge in [0.05, 0.1) is 12.1 Å². The third-order valence-corrected chi connectivity index (χ3v) is 4.98. The van der Waals surface area contributed by atoms with Crippen molar-refractivity contribution in [1.82, 2.24) is 9.88 Å². The van der Waals surface area contributed by atoms with Gasteiger partial charge in [-0.3, -0.25) is 4.79 Å². The molecule has 0 unspecified atom stereocenters. The van der Waals surface area contributed by atoms with Crippen molar-refractivity contribution in [1.29, 1.82) is 0 Å². The van der Waals surface area contributed by atoms with Gasteiger partial charge in [-0.2, -0.15) is 11.3 Å². The monoisotopic (exact) mass is 292 g/mol. The van der Waals surface area contributed by atoms with Gasteiger partial charge in [0.2, 0.25) is 5.91 Å². The Kier molecular flexibility index (Phi) is 3.94. The van der Waals surface area contributed by atoms with Gasteiger partial charge in [-0.1, -0.05) is 0 Å². The smallest absolute Gasteiger partial charge is 0.228 e. The lowest BCUT2D eigenvalue weighted by Gasteiger charge is -2.26. The number of likely N-dealkylation sites (tertiary alicyclic amines) is 1. The minimum Gasteiger partial charge on any atom is -0.342 e. The number of amides is 1. The van der Waals surface area contributed by atoms with E-state index in [4.69, 9.17) is 0 Å². The average Bonchev–Trinajstić information content (AvgIpc) is 3.10. The molecule has 3 rings (SSSR count). The molecule has 1 saturated heterocycles. The van der Waals surface area contributed by atoms with Crippen LogP contribution in [0.3, 0.4) is 0 Å². The topological polar surface area (TPSA) is 33.2 Å². The fourth-order valence-electron chi connectivity index (χ4n) is 2.32. The van der Waals surface area contributed by atoms with Gasteiger partial charge in [0.25, 0.3) is 0 Å². The zero-order valence-corrected chi connectivity index (χ0v) is 12.3. The highest BCUT2D eigenvalue weighted by molar-refractivity contribution is 7.14. The van der Waals surface area contributed by atoms with Crippen LogP contribution in [0.4, 0.5) is 0 Å². The van der Waals surface area contributed by atoms with Gasteiger partial charge in [-0.15, -0.1) is 11.3 Å². The van der Waals surface area contributed by atoms with Crippen LogP contribution >= 0.6 is 22.7 Å². The number of hydrogen-bond acceptors (Lipinski definition) is 4. The summed E-state index contributed by atoms with van der Waals surface area (Å²) in [7, 11) is 0. The highest BCUT2D eigenvalue weighted by Gasteiger charge is 2.18. The van der Waals surface area contributed by atoms with Gasteiger partial charge in [0.15, 0.2) is 0 Å². The second kappa shape index (κ2) is 5.84. The molecule has 1 fully saturated rings. The molecule has 2 aromatic rings. The molecule has 1 amide bonds. The summed E-state index contributed by atoms with van der Waals surface area (Å²) in [6, 6.07) is 2.07. The van der Waals surface area contributed by atoms with Gasteiger partial charge in [0.1, 0.15) is 5.01 Å². The highest BCUT2D eigenvalue weighted by atomic mass is 32.1. The van der Waals surface area contributed by atoms with Crippen LogP contribution in [0, 0.1) is 0 Å². The number of nitrogens with zero attached hydrogens (tertiary/aromatic N) is 2. The Morgan fingerprint density at radius 1 is 1.26 bits per heavy atom. The Labute approximate surface area is 120 Å². The molecule has 3 nitrogen and oxygen atoms in total. The van der Waals surface area contributed by atoms with Crippen molar-refractivity contribution >= 4 is 28.6 Å². The highest BCUT2D eigenvalue weighted by Crippen LogP contribution is 2.26. The normalized spacial score (nSPS) is 15.7. The molecule has 0 bridgehead atoms.